The summed E-state index contributed by atoms with van der Waals surface area (Å²) in [6.45, 7) is 5.92. The van der Waals surface area contributed by atoms with Crippen molar-refractivity contribution >= 4 is 17.3 Å². The van der Waals surface area contributed by atoms with Crippen molar-refractivity contribution in [3.05, 3.63) is 0 Å². The largest absolute Gasteiger partial charge is 0.379 e. The third kappa shape index (κ3) is 7.56. The van der Waals surface area contributed by atoms with Gasteiger partial charge in [-0.15, -0.1) is 0 Å². The van der Waals surface area contributed by atoms with E-state index >= 15 is 0 Å². The summed E-state index contributed by atoms with van der Waals surface area (Å²) in [5, 5.41) is 7.27. The van der Waals surface area contributed by atoms with E-state index in [9.17, 15) is 0 Å². The quantitative estimate of drug-likeness (QED) is 0.516. The number of nitrogens with one attached hydrogen (secondary N) is 2. The summed E-state index contributed by atoms with van der Waals surface area (Å²) < 4.78 is 5.45. The Morgan fingerprint density at radius 2 is 2.13 bits per heavy atom. The number of thiocarbonyl (C=S) groups is 1. The van der Waals surface area contributed by atoms with Crippen LogP contribution in [0.3, 0.4) is 0 Å². The van der Waals surface area contributed by atoms with Crippen LogP contribution in [0.15, 0.2) is 0 Å². The Morgan fingerprint density at radius 3 is 2.73 bits per heavy atom. The molecule has 1 aliphatic carbocycles. The fourth-order valence-electron chi connectivity index (χ4n) is 1.21. The first-order chi connectivity index (χ1) is 7.18. The van der Waals surface area contributed by atoms with E-state index in [0.717, 1.165) is 31.1 Å². The molecule has 0 aromatic rings. The molecule has 1 rings (SSSR count). The van der Waals surface area contributed by atoms with Crippen LogP contribution in [-0.4, -0.2) is 30.4 Å². The molecule has 0 bridgehead atoms. The van der Waals surface area contributed by atoms with Crippen LogP contribution in [0.1, 0.15) is 39.5 Å². The van der Waals surface area contributed by atoms with Crippen LogP contribution < -0.4 is 10.6 Å². The summed E-state index contributed by atoms with van der Waals surface area (Å²) in [7, 11) is 0. The SMILES string of the molecule is CC(C)OCCCCNC(=S)NC1CC1. The average Bonchev–Trinajstić information content (AvgIpc) is 2.94. The first kappa shape index (κ1) is 12.7. The average molecular weight is 230 g/mol. The minimum atomic E-state index is 0.343. The highest BCUT2D eigenvalue weighted by Gasteiger charge is 2.21. The molecule has 0 aromatic carbocycles. The summed E-state index contributed by atoms with van der Waals surface area (Å²) in [6.07, 6.45) is 5.08. The highest BCUT2D eigenvalue weighted by atomic mass is 32.1. The van der Waals surface area contributed by atoms with Gasteiger partial charge in [0.05, 0.1) is 6.10 Å². The number of rotatable bonds is 7. The molecule has 0 atom stereocenters. The normalized spacial score (nSPS) is 15.4. The third-order valence-corrected chi connectivity index (χ3v) is 2.48. The maximum absolute atomic E-state index is 5.45. The highest BCUT2D eigenvalue weighted by Crippen LogP contribution is 2.18. The van der Waals surface area contributed by atoms with Crippen molar-refractivity contribution in [2.45, 2.75) is 51.7 Å². The number of ether oxygens (including phenoxy) is 1. The van der Waals surface area contributed by atoms with Gasteiger partial charge in [-0.25, -0.2) is 0 Å². The van der Waals surface area contributed by atoms with Crippen LogP contribution >= 0.6 is 12.2 Å². The van der Waals surface area contributed by atoms with E-state index in [1.807, 2.05) is 0 Å². The third-order valence-electron chi connectivity index (χ3n) is 2.22. The van der Waals surface area contributed by atoms with E-state index in [1.54, 1.807) is 0 Å². The smallest absolute Gasteiger partial charge is 0.166 e. The lowest BCUT2D eigenvalue weighted by Gasteiger charge is -2.10. The lowest BCUT2D eigenvalue weighted by Crippen LogP contribution is -2.37. The molecule has 0 amide bonds. The van der Waals surface area contributed by atoms with Gasteiger partial charge in [0.1, 0.15) is 0 Å². The number of hydrogen-bond acceptors (Lipinski definition) is 2. The molecular formula is C11H22N2OS. The highest BCUT2D eigenvalue weighted by molar-refractivity contribution is 7.80. The summed E-state index contributed by atoms with van der Waals surface area (Å²) in [4.78, 5) is 0. The van der Waals surface area contributed by atoms with Gasteiger partial charge < -0.3 is 15.4 Å². The van der Waals surface area contributed by atoms with Crippen molar-refractivity contribution in [1.29, 1.82) is 0 Å². The Hall–Kier alpha value is -0.350. The molecule has 15 heavy (non-hydrogen) atoms. The second kappa shape index (κ2) is 7.01. The van der Waals surface area contributed by atoms with E-state index in [-0.39, 0.29) is 0 Å². The maximum atomic E-state index is 5.45. The zero-order valence-corrected chi connectivity index (χ0v) is 10.5. The second-order valence-corrected chi connectivity index (χ2v) is 4.71. The first-order valence-electron chi connectivity index (χ1n) is 5.84. The van der Waals surface area contributed by atoms with E-state index in [2.05, 4.69) is 24.5 Å². The van der Waals surface area contributed by atoms with Crippen molar-refractivity contribution in [3.8, 4) is 0 Å². The summed E-state index contributed by atoms with van der Waals surface area (Å²) in [6, 6.07) is 0.647. The van der Waals surface area contributed by atoms with E-state index in [4.69, 9.17) is 17.0 Å². The van der Waals surface area contributed by atoms with Crippen molar-refractivity contribution < 1.29 is 4.74 Å². The van der Waals surface area contributed by atoms with Crippen molar-refractivity contribution in [2.24, 2.45) is 0 Å². The van der Waals surface area contributed by atoms with Crippen LogP contribution in [-0.2, 0) is 4.74 Å². The molecule has 1 aliphatic rings. The molecule has 1 fully saturated rings. The van der Waals surface area contributed by atoms with Crippen LogP contribution in [0.5, 0.6) is 0 Å². The molecule has 1 saturated carbocycles. The Bertz CT molecular complexity index is 193. The topological polar surface area (TPSA) is 33.3 Å². The molecule has 0 aromatic heterocycles. The Labute approximate surface area is 98.0 Å². The van der Waals surface area contributed by atoms with Gasteiger partial charge in [0.2, 0.25) is 0 Å². The summed E-state index contributed by atoms with van der Waals surface area (Å²) in [5.41, 5.74) is 0. The van der Waals surface area contributed by atoms with Crippen LogP contribution in [0, 0.1) is 0 Å². The fraction of sp³-hybridized carbons (Fsp3) is 0.909. The molecule has 4 heteroatoms. The second-order valence-electron chi connectivity index (χ2n) is 4.30. The maximum Gasteiger partial charge on any atom is 0.166 e. The Morgan fingerprint density at radius 1 is 1.40 bits per heavy atom. The summed E-state index contributed by atoms with van der Waals surface area (Å²) in [5.74, 6) is 0. The van der Waals surface area contributed by atoms with Crippen LogP contribution in [0.25, 0.3) is 0 Å². The number of unbranched alkanes of at least 4 members (excludes halogenated alkanes) is 1. The number of hydrogen-bond donors (Lipinski definition) is 2. The van der Waals surface area contributed by atoms with Crippen LogP contribution in [0.2, 0.25) is 0 Å². The van der Waals surface area contributed by atoms with Crippen molar-refractivity contribution in [2.75, 3.05) is 13.2 Å². The zero-order chi connectivity index (χ0) is 11.1. The first-order valence-corrected chi connectivity index (χ1v) is 6.25. The van der Waals surface area contributed by atoms with Gasteiger partial charge in [-0.1, -0.05) is 0 Å². The van der Waals surface area contributed by atoms with Gasteiger partial charge in [0.25, 0.3) is 0 Å². The molecule has 0 spiro atoms. The van der Waals surface area contributed by atoms with Gasteiger partial charge in [-0.3, -0.25) is 0 Å². The molecule has 0 radical (unpaired) electrons. The minimum absolute atomic E-state index is 0.343. The van der Waals surface area contributed by atoms with E-state index in [1.165, 1.54) is 12.8 Å². The molecule has 0 heterocycles. The Balaban J connectivity index is 1.81. The van der Waals surface area contributed by atoms with Gasteiger partial charge in [0, 0.05) is 19.2 Å². The molecule has 0 saturated heterocycles. The van der Waals surface area contributed by atoms with Gasteiger partial charge in [0.15, 0.2) is 5.11 Å². The predicted molar refractivity (Wildman–Crippen MR) is 67.1 cm³/mol. The molecule has 3 nitrogen and oxygen atoms in total. The van der Waals surface area contributed by atoms with Crippen molar-refractivity contribution in [3.63, 3.8) is 0 Å². The lowest BCUT2D eigenvalue weighted by molar-refractivity contribution is 0.0762. The van der Waals surface area contributed by atoms with E-state index in [0.29, 0.717) is 12.1 Å². The lowest BCUT2D eigenvalue weighted by atomic mass is 10.3. The van der Waals surface area contributed by atoms with Crippen molar-refractivity contribution in [1.82, 2.24) is 10.6 Å². The Kier molecular flexibility index (Phi) is 5.95. The molecular weight excluding hydrogens is 208 g/mol. The van der Waals surface area contributed by atoms with E-state index < -0.39 is 0 Å². The molecule has 0 aliphatic heterocycles. The van der Waals surface area contributed by atoms with Gasteiger partial charge in [-0.05, 0) is 51.7 Å². The van der Waals surface area contributed by atoms with Gasteiger partial charge in [-0.2, -0.15) is 0 Å². The zero-order valence-electron chi connectivity index (χ0n) is 9.71. The standard InChI is InChI=1S/C11H22N2OS/c1-9(2)14-8-4-3-7-12-11(15)13-10-5-6-10/h9-10H,3-8H2,1-2H3,(H2,12,13,15). The predicted octanol–water partition coefficient (Wildman–Crippen LogP) is 1.82. The summed E-state index contributed by atoms with van der Waals surface area (Å²) >= 11 is 5.14. The molecule has 88 valence electrons. The monoisotopic (exact) mass is 230 g/mol. The minimum Gasteiger partial charge on any atom is -0.379 e. The molecule has 2 N–H and O–H groups in total. The molecule has 0 unspecified atom stereocenters. The van der Waals surface area contributed by atoms with Crippen LogP contribution in [0.4, 0.5) is 0 Å². The fourth-order valence-corrected chi connectivity index (χ4v) is 1.48. The van der Waals surface area contributed by atoms with Gasteiger partial charge >= 0.3 is 0 Å².